The lowest BCUT2D eigenvalue weighted by atomic mass is 10.1. The second-order valence-electron chi connectivity index (χ2n) is 6.12. The van der Waals surface area contributed by atoms with E-state index in [1.165, 1.54) is 10.6 Å². The van der Waals surface area contributed by atoms with E-state index in [0.29, 0.717) is 26.1 Å². The van der Waals surface area contributed by atoms with E-state index in [0.717, 1.165) is 0 Å². The number of carbonyl (C=O) groups excluding carboxylic acids is 1. The molecule has 0 radical (unpaired) electrons. The van der Waals surface area contributed by atoms with Crippen LogP contribution in [0.4, 0.5) is 0 Å². The minimum atomic E-state index is -3.29. The fraction of sp³-hybridized carbons (Fsp3) is 0.923. The van der Waals surface area contributed by atoms with E-state index in [4.69, 9.17) is 9.47 Å². The number of nitrogens with zero attached hydrogens (tertiary/aromatic N) is 2. The highest BCUT2D eigenvalue weighted by Gasteiger charge is 2.45. The smallest absolute Gasteiger partial charge is 0.223 e. The number of sulfonamides is 1. The highest BCUT2D eigenvalue weighted by atomic mass is 32.2. The Kier molecular flexibility index (Phi) is 4.92. The van der Waals surface area contributed by atoms with Crippen LogP contribution in [-0.2, 0) is 24.3 Å². The maximum atomic E-state index is 12.2. The van der Waals surface area contributed by atoms with Crippen LogP contribution in [-0.4, -0.2) is 75.0 Å². The Morgan fingerprint density at radius 2 is 1.81 bits per heavy atom. The molecule has 122 valence electrons. The first-order chi connectivity index (χ1) is 9.72. The fourth-order valence-electron chi connectivity index (χ4n) is 2.64. The third-order valence-corrected chi connectivity index (χ3v) is 4.94. The molecular weight excluding hydrogens is 296 g/mol. The summed E-state index contributed by atoms with van der Waals surface area (Å²) >= 11 is 0. The average molecular weight is 320 g/mol. The summed E-state index contributed by atoms with van der Waals surface area (Å²) in [6, 6.07) is 0. The van der Waals surface area contributed by atoms with Gasteiger partial charge in [0.2, 0.25) is 15.9 Å². The van der Waals surface area contributed by atoms with Gasteiger partial charge in [-0.3, -0.25) is 4.79 Å². The maximum Gasteiger partial charge on any atom is 0.223 e. The standard InChI is InChI=1S/C13H24N2O5S/c1-11(2)8-12(16)14-4-6-19-13(9-14)10-15(5-7-20-13)21(3,17)18/h11H,4-10H2,1-3H3. The van der Waals surface area contributed by atoms with Gasteiger partial charge in [0.05, 0.1) is 32.6 Å². The van der Waals surface area contributed by atoms with Crippen LogP contribution in [0, 0.1) is 5.92 Å². The summed E-state index contributed by atoms with van der Waals surface area (Å²) in [4.78, 5) is 13.9. The average Bonchev–Trinajstić information content (AvgIpc) is 2.37. The molecule has 2 rings (SSSR count). The molecule has 1 amide bonds. The quantitative estimate of drug-likeness (QED) is 0.724. The summed E-state index contributed by atoms with van der Waals surface area (Å²) in [7, 11) is -3.29. The largest absolute Gasteiger partial charge is 0.346 e. The molecule has 2 aliphatic rings. The third kappa shape index (κ3) is 4.15. The Morgan fingerprint density at radius 1 is 1.19 bits per heavy atom. The van der Waals surface area contributed by atoms with Gasteiger partial charge in [-0.15, -0.1) is 0 Å². The number of hydrogen-bond donors (Lipinski definition) is 0. The Balaban J connectivity index is 2.07. The number of carbonyl (C=O) groups is 1. The molecule has 0 aromatic heterocycles. The minimum Gasteiger partial charge on any atom is -0.346 e. The maximum absolute atomic E-state index is 12.2. The van der Waals surface area contributed by atoms with Gasteiger partial charge in [0, 0.05) is 19.5 Å². The van der Waals surface area contributed by atoms with Crippen LogP contribution in [0.3, 0.4) is 0 Å². The molecule has 2 fully saturated rings. The van der Waals surface area contributed by atoms with Crippen LogP contribution in [0.5, 0.6) is 0 Å². The first kappa shape index (κ1) is 16.7. The van der Waals surface area contributed by atoms with E-state index in [1.807, 2.05) is 13.8 Å². The van der Waals surface area contributed by atoms with Crippen molar-refractivity contribution >= 4 is 15.9 Å². The van der Waals surface area contributed by atoms with Crippen LogP contribution in [0.25, 0.3) is 0 Å². The lowest BCUT2D eigenvalue weighted by Crippen LogP contribution is -2.63. The van der Waals surface area contributed by atoms with Gasteiger partial charge in [0.25, 0.3) is 0 Å². The molecule has 1 atom stereocenters. The molecule has 7 nitrogen and oxygen atoms in total. The molecule has 2 aliphatic heterocycles. The highest BCUT2D eigenvalue weighted by molar-refractivity contribution is 7.88. The second kappa shape index (κ2) is 6.20. The number of hydrogen-bond acceptors (Lipinski definition) is 5. The zero-order chi connectivity index (χ0) is 15.7. The van der Waals surface area contributed by atoms with Gasteiger partial charge in [-0.2, -0.15) is 4.31 Å². The van der Waals surface area contributed by atoms with Crippen molar-refractivity contribution in [3.05, 3.63) is 0 Å². The summed E-state index contributed by atoms with van der Waals surface area (Å²) in [6.45, 7) is 5.90. The van der Waals surface area contributed by atoms with E-state index < -0.39 is 15.8 Å². The summed E-state index contributed by atoms with van der Waals surface area (Å²) in [5.74, 6) is -0.671. The molecule has 0 aliphatic carbocycles. The van der Waals surface area contributed by atoms with Crippen molar-refractivity contribution in [1.29, 1.82) is 0 Å². The van der Waals surface area contributed by atoms with Crippen molar-refractivity contribution in [2.24, 2.45) is 5.92 Å². The molecule has 8 heteroatoms. The Morgan fingerprint density at radius 3 is 2.38 bits per heavy atom. The van der Waals surface area contributed by atoms with Gasteiger partial charge in [-0.05, 0) is 5.92 Å². The predicted molar refractivity (Wildman–Crippen MR) is 77.1 cm³/mol. The van der Waals surface area contributed by atoms with E-state index in [2.05, 4.69) is 0 Å². The molecule has 1 spiro atoms. The van der Waals surface area contributed by atoms with Gasteiger partial charge in [-0.25, -0.2) is 8.42 Å². The topological polar surface area (TPSA) is 76.2 Å². The van der Waals surface area contributed by atoms with Crippen molar-refractivity contribution in [2.45, 2.75) is 26.1 Å². The van der Waals surface area contributed by atoms with Gasteiger partial charge >= 0.3 is 0 Å². The molecule has 2 heterocycles. The Labute approximate surface area is 126 Å². The van der Waals surface area contributed by atoms with Crippen molar-refractivity contribution in [3.8, 4) is 0 Å². The molecule has 0 saturated carbocycles. The first-order valence-corrected chi connectivity index (χ1v) is 9.07. The van der Waals surface area contributed by atoms with E-state index in [-0.39, 0.29) is 31.5 Å². The highest BCUT2D eigenvalue weighted by Crippen LogP contribution is 2.26. The summed E-state index contributed by atoms with van der Waals surface area (Å²) in [5.41, 5.74) is 0. The summed E-state index contributed by atoms with van der Waals surface area (Å²) < 4.78 is 36.2. The van der Waals surface area contributed by atoms with Crippen molar-refractivity contribution in [3.63, 3.8) is 0 Å². The zero-order valence-corrected chi connectivity index (χ0v) is 13.7. The number of ether oxygens (including phenoxy) is 2. The SMILES string of the molecule is CC(C)CC(=O)N1CCOC2(C1)CN(S(C)(=O)=O)CCO2. The zero-order valence-electron chi connectivity index (χ0n) is 12.9. The number of morpholine rings is 2. The number of amides is 1. The molecule has 2 saturated heterocycles. The normalized spacial score (nSPS) is 28.3. The molecule has 0 aromatic carbocycles. The minimum absolute atomic E-state index is 0.0627. The molecule has 0 aromatic rings. The van der Waals surface area contributed by atoms with Crippen LogP contribution in [0.15, 0.2) is 0 Å². The summed E-state index contributed by atoms with van der Waals surface area (Å²) in [5, 5.41) is 0. The predicted octanol–water partition coefficient (Wildman–Crippen LogP) is -0.121. The van der Waals surface area contributed by atoms with E-state index in [9.17, 15) is 13.2 Å². The first-order valence-electron chi connectivity index (χ1n) is 7.23. The monoisotopic (exact) mass is 320 g/mol. The van der Waals surface area contributed by atoms with Gasteiger partial charge in [0.1, 0.15) is 0 Å². The van der Waals surface area contributed by atoms with Crippen LogP contribution in [0.2, 0.25) is 0 Å². The lowest BCUT2D eigenvalue weighted by molar-refractivity contribution is -0.281. The number of rotatable bonds is 3. The summed E-state index contributed by atoms with van der Waals surface area (Å²) in [6.07, 6.45) is 1.66. The van der Waals surface area contributed by atoms with Crippen LogP contribution in [0.1, 0.15) is 20.3 Å². The van der Waals surface area contributed by atoms with Crippen LogP contribution >= 0.6 is 0 Å². The molecule has 21 heavy (non-hydrogen) atoms. The van der Waals surface area contributed by atoms with Crippen LogP contribution < -0.4 is 0 Å². The van der Waals surface area contributed by atoms with Gasteiger partial charge in [-0.1, -0.05) is 13.8 Å². The van der Waals surface area contributed by atoms with E-state index >= 15 is 0 Å². The molecule has 0 N–H and O–H groups in total. The molecule has 1 unspecified atom stereocenters. The van der Waals surface area contributed by atoms with E-state index in [1.54, 1.807) is 4.90 Å². The van der Waals surface area contributed by atoms with Gasteiger partial charge < -0.3 is 14.4 Å². The van der Waals surface area contributed by atoms with Gasteiger partial charge in [0.15, 0.2) is 5.79 Å². The Bertz CT molecular complexity index is 489. The molecule has 0 bridgehead atoms. The van der Waals surface area contributed by atoms with Crippen molar-refractivity contribution < 1.29 is 22.7 Å². The fourth-order valence-corrected chi connectivity index (χ4v) is 3.48. The Hall–Kier alpha value is -0.700. The lowest BCUT2D eigenvalue weighted by Gasteiger charge is -2.46. The van der Waals surface area contributed by atoms with Crippen molar-refractivity contribution in [2.75, 3.05) is 45.6 Å². The second-order valence-corrected chi connectivity index (χ2v) is 8.10. The molecular formula is C13H24N2O5S. The van der Waals surface area contributed by atoms with Crippen molar-refractivity contribution in [1.82, 2.24) is 9.21 Å². The third-order valence-electron chi connectivity index (χ3n) is 3.69.